The predicted molar refractivity (Wildman–Crippen MR) is 76.3 cm³/mol. The summed E-state index contributed by atoms with van der Waals surface area (Å²) in [4.78, 5) is 13.4. The van der Waals surface area contributed by atoms with E-state index in [0.717, 1.165) is 11.4 Å². The number of amides is 2. The summed E-state index contributed by atoms with van der Waals surface area (Å²) in [6.07, 6.45) is 3.79. The lowest BCUT2D eigenvalue weighted by molar-refractivity contribution is 0.259. The molecule has 102 valence electrons. The summed E-state index contributed by atoms with van der Waals surface area (Å²) in [7, 11) is 0. The van der Waals surface area contributed by atoms with E-state index in [0.29, 0.717) is 12.1 Å². The van der Waals surface area contributed by atoms with Gasteiger partial charge in [0, 0.05) is 30.0 Å². The van der Waals surface area contributed by atoms with Gasteiger partial charge in [0.1, 0.15) is 0 Å². The van der Waals surface area contributed by atoms with Crippen LogP contribution in [0.2, 0.25) is 0 Å². The van der Waals surface area contributed by atoms with Gasteiger partial charge in [-0.2, -0.15) is 0 Å². The maximum atomic E-state index is 10.9. The molecule has 2 saturated heterocycles. The first-order chi connectivity index (χ1) is 9.22. The monoisotopic (exact) mass is 260 g/mol. The molecular weight excluding hydrogens is 240 g/mol. The molecule has 5 heteroatoms. The number of anilines is 2. The van der Waals surface area contributed by atoms with Gasteiger partial charge >= 0.3 is 6.03 Å². The number of benzene rings is 1. The lowest BCUT2D eigenvalue weighted by atomic mass is 10.1. The van der Waals surface area contributed by atoms with Crippen LogP contribution in [-0.4, -0.2) is 36.1 Å². The standard InChI is InChI=1S/C14H20N4O/c15-14(19)17-11-4-1-3-10(9-11)16-12-6-8-18-7-2-5-13(12)18/h1,3-4,9,12-13,16H,2,5-8H2,(H3,15,17,19). The van der Waals surface area contributed by atoms with E-state index in [4.69, 9.17) is 5.73 Å². The Kier molecular flexibility index (Phi) is 3.29. The van der Waals surface area contributed by atoms with Gasteiger partial charge in [-0.05, 0) is 44.0 Å². The third-order valence-electron chi connectivity index (χ3n) is 4.09. The van der Waals surface area contributed by atoms with E-state index >= 15 is 0 Å². The second kappa shape index (κ2) is 5.09. The van der Waals surface area contributed by atoms with Gasteiger partial charge in [-0.1, -0.05) is 6.07 Å². The minimum absolute atomic E-state index is 0.520. The number of rotatable bonds is 3. The maximum Gasteiger partial charge on any atom is 0.316 e. The molecular formula is C14H20N4O. The number of nitrogens with two attached hydrogens (primary N) is 1. The van der Waals surface area contributed by atoms with E-state index in [2.05, 4.69) is 15.5 Å². The number of carbonyl (C=O) groups is 1. The van der Waals surface area contributed by atoms with Crippen LogP contribution < -0.4 is 16.4 Å². The lowest BCUT2D eigenvalue weighted by Crippen LogP contribution is -2.33. The first-order valence-electron chi connectivity index (χ1n) is 6.89. The summed E-state index contributed by atoms with van der Waals surface area (Å²) >= 11 is 0. The van der Waals surface area contributed by atoms with Crippen molar-refractivity contribution in [1.82, 2.24) is 4.90 Å². The summed E-state index contributed by atoms with van der Waals surface area (Å²) < 4.78 is 0. The average molecular weight is 260 g/mol. The van der Waals surface area contributed by atoms with Gasteiger partial charge < -0.3 is 16.4 Å². The normalized spacial score (nSPS) is 26.1. The molecule has 5 nitrogen and oxygen atoms in total. The first-order valence-corrected chi connectivity index (χ1v) is 6.89. The number of nitrogens with zero attached hydrogens (tertiary/aromatic N) is 1. The Balaban J connectivity index is 1.67. The Morgan fingerprint density at radius 3 is 2.95 bits per heavy atom. The largest absolute Gasteiger partial charge is 0.381 e. The second-order valence-corrected chi connectivity index (χ2v) is 5.36. The van der Waals surface area contributed by atoms with Crippen molar-refractivity contribution in [1.29, 1.82) is 0 Å². The molecule has 2 fully saturated rings. The van der Waals surface area contributed by atoms with Crippen molar-refractivity contribution in [2.75, 3.05) is 23.7 Å². The molecule has 2 atom stereocenters. The highest BCUT2D eigenvalue weighted by Crippen LogP contribution is 2.30. The van der Waals surface area contributed by atoms with Crippen LogP contribution in [0.4, 0.5) is 16.2 Å². The predicted octanol–water partition coefficient (Wildman–Crippen LogP) is 1.83. The van der Waals surface area contributed by atoms with Gasteiger partial charge in [0.05, 0.1) is 0 Å². The van der Waals surface area contributed by atoms with Crippen LogP contribution in [-0.2, 0) is 0 Å². The minimum Gasteiger partial charge on any atom is -0.381 e. The van der Waals surface area contributed by atoms with Crippen molar-refractivity contribution in [3.63, 3.8) is 0 Å². The third-order valence-corrected chi connectivity index (χ3v) is 4.09. The molecule has 2 aliphatic rings. The number of hydrogen-bond acceptors (Lipinski definition) is 3. The Morgan fingerprint density at radius 2 is 2.11 bits per heavy atom. The Labute approximate surface area is 113 Å². The SMILES string of the molecule is NC(=O)Nc1cccc(NC2CCN3CCCC23)c1. The number of primary amides is 1. The zero-order chi connectivity index (χ0) is 13.2. The summed E-state index contributed by atoms with van der Waals surface area (Å²) in [6.45, 7) is 2.44. The van der Waals surface area contributed by atoms with Crippen molar-refractivity contribution < 1.29 is 4.79 Å². The topological polar surface area (TPSA) is 70.4 Å². The fourth-order valence-corrected chi connectivity index (χ4v) is 3.29. The number of carbonyl (C=O) groups excluding carboxylic acids is 1. The minimum atomic E-state index is -0.528. The van der Waals surface area contributed by atoms with Gasteiger partial charge in [-0.25, -0.2) is 4.79 Å². The number of hydrogen-bond donors (Lipinski definition) is 3. The number of urea groups is 1. The van der Waals surface area contributed by atoms with Gasteiger partial charge in [0.2, 0.25) is 0 Å². The van der Waals surface area contributed by atoms with Crippen LogP contribution in [0.25, 0.3) is 0 Å². The molecule has 2 aliphatic heterocycles. The maximum absolute atomic E-state index is 10.9. The van der Waals surface area contributed by atoms with Crippen molar-refractivity contribution in [2.45, 2.75) is 31.3 Å². The molecule has 2 heterocycles. The molecule has 1 aromatic rings. The fourth-order valence-electron chi connectivity index (χ4n) is 3.29. The number of nitrogens with one attached hydrogen (secondary N) is 2. The summed E-state index contributed by atoms with van der Waals surface area (Å²) in [6, 6.07) is 8.40. The van der Waals surface area contributed by atoms with E-state index in [1.54, 1.807) is 0 Å². The molecule has 2 amide bonds. The first kappa shape index (κ1) is 12.3. The highest BCUT2D eigenvalue weighted by Gasteiger charge is 2.36. The zero-order valence-electron chi connectivity index (χ0n) is 10.9. The molecule has 0 aliphatic carbocycles. The summed E-state index contributed by atoms with van der Waals surface area (Å²) in [5.74, 6) is 0. The summed E-state index contributed by atoms with van der Waals surface area (Å²) in [5.41, 5.74) is 6.91. The van der Waals surface area contributed by atoms with Crippen LogP contribution in [0.15, 0.2) is 24.3 Å². The van der Waals surface area contributed by atoms with E-state index in [1.165, 1.54) is 32.4 Å². The van der Waals surface area contributed by atoms with E-state index in [9.17, 15) is 4.79 Å². The van der Waals surface area contributed by atoms with Crippen LogP contribution >= 0.6 is 0 Å². The molecule has 3 rings (SSSR count). The molecule has 19 heavy (non-hydrogen) atoms. The van der Waals surface area contributed by atoms with E-state index < -0.39 is 6.03 Å². The van der Waals surface area contributed by atoms with Gasteiger partial charge in [-0.15, -0.1) is 0 Å². The molecule has 0 aromatic heterocycles. The molecule has 1 aromatic carbocycles. The van der Waals surface area contributed by atoms with Crippen LogP contribution in [0.1, 0.15) is 19.3 Å². The van der Waals surface area contributed by atoms with Crippen molar-refractivity contribution in [3.05, 3.63) is 24.3 Å². The molecule has 0 radical (unpaired) electrons. The van der Waals surface area contributed by atoms with Gasteiger partial charge in [0.25, 0.3) is 0 Å². The average Bonchev–Trinajstić information content (AvgIpc) is 2.94. The van der Waals surface area contributed by atoms with E-state index in [-0.39, 0.29) is 0 Å². The number of fused-ring (bicyclic) bond motifs is 1. The third kappa shape index (κ3) is 2.66. The van der Waals surface area contributed by atoms with Crippen LogP contribution in [0.5, 0.6) is 0 Å². The zero-order valence-corrected chi connectivity index (χ0v) is 10.9. The molecule has 0 bridgehead atoms. The lowest BCUT2D eigenvalue weighted by Gasteiger charge is -2.22. The quantitative estimate of drug-likeness (QED) is 0.776. The van der Waals surface area contributed by atoms with Crippen LogP contribution in [0.3, 0.4) is 0 Å². The Morgan fingerprint density at radius 1 is 1.26 bits per heavy atom. The van der Waals surface area contributed by atoms with Crippen molar-refractivity contribution in [3.8, 4) is 0 Å². The van der Waals surface area contributed by atoms with Crippen molar-refractivity contribution in [2.24, 2.45) is 5.73 Å². The summed E-state index contributed by atoms with van der Waals surface area (Å²) in [5, 5.41) is 6.20. The Hall–Kier alpha value is -1.75. The van der Waals surface area contributed by atoms with Crippen molar-refractivity contribution >= 4 is 17.4 Å². The second-order valence-electron chi connectivity index (χ2n) is 5.36. The molecule has 0 saturated carbocycles. The highest BCUT2D eigenvalue weighted by atomic mass is 16.2. The molecule has 2 unspecified atom stereocenters. The van der Waals surface area contributed by atoms with E-state index in [1.807, 2.05) is 24.3 Å². The Bertz CT molecular complexity index is 476. The molecule has 4 N–H and O–H groups in total. The fraction of sp³-hybridized carbons (Fsp3) is 0.500. The van der Waals surface area contributed by atoms with Crippen LogP contribution in [0, 0.1) is 0 Å². The van der Waals surface area contributed by atoms with Gasteiger partial charge in [-0.3, -0.25) is 4.90 Å². The smallest absolute Gasteiger partial charge is 0.316 e. The van der Waals surface area contributed by atoms with Gasteiger partial charge in [0.15, 0.2) is 0 Å². The highest BCUT2D eigenvalue weighted by molar-refractivity contribution is 5.88. The molecule has 0 spiro atoms.